The summed E-state index contributed by atoms with van der Waals surface area (Å²) < 4.78 is 1.96. The molecule has 1 heterocycles. The minimum Gasteiger partial charge on any atom is -0.370 e. The molecule has 3 N–H and O–H groups in total. The zero-order valence-electron chi connectivity index (χ0n) is 14.7. The van der Waals surface area contributed by atoms with E-state index in [9.17, 15) is 9.59 Å². The van der Waals surface area contributed by atoms with Gasteiger partial charge in [-0.2, -0.15) is 0 Å². The van der Waals surface area contributed by atoms with E-state index in [1.807, 2.05) is 44.6 Å². The maximum Gasteiger partial charge on any atom is 0.271 e. The number of aryl methyl sites for hydroxylation is 2. The fourth-order valence-electron chi connectivity index (χ4n) is 1.78. The van der Waals surface area contributed by atoms with Gasteiger partial charge in [0.25, 0.3) is 5.91 Å². The molecule has 6 nitrogen and oxygen atoms in total. The Morgan fingerprint density at radius 1 is 1.48 bits per heavy atom. The zero-order valence-corrected chi connectivity index (χ0v) is 14.7. The van der Waals surface area contributed by atoms with Crippen molar-refractivity contribution in [2.24, 2.45) is 12.8 Å². The number of carbonyl (C=O) groups excluding carboxylic acids is 2. The predicted molar refractivity (Wildman–Crippen MR) is 94.6 cm³/mol. The van der Waals surface area contributed by atoms with Crippen molar-refractivity contribution in [1.29, 1.82) is 0 Å². The molecule has 1 aromatic rings. The van der Waals surface area contributed by atoms with Gasteiger partial charge >= 0.3 is 0 Å². The van der Waals surface area contributed by atoms with Crippen LogP contribution >= 0.6 is 0 Å². The van der Waals surface area contributed by atoms with Gasteiger partial charge in [-0.1, -0.05) is 19.6 Å². The van der Waals surface area contributed by atoms with Crippen molar-refractivity contribution >= 4 is 17.5 Å². The number of amides is 2. The monoisotopic (exact) mass is 320 g/mol. The van der Waals surface area contributed by atoms with Crippen LogP contribution in [0.1, 0.15) is 32.4 Å². The highest BCUT2D eigenvalue weighted by atomic mass is 16.2. The second-order valence-corrected chi connectivity index (χ2v) is 5.12. The Labute approximate surface area is 138 Å². The van der Waals surface area contributed by atoms with E-state index in [2.05, 4.69) is 11.9 Å². The number of carbonyl (C=O) groups is 2. The smallest absolute Gasteiger partial charge is 0.271 e. The van der Waals surface area contributed by atoms with Gasteiger partial charge in [0, 0.05) is 32.4 Å². The molecule has 128 valence electrons. The average Bonchev–Trinajstić information content (AvgIpc) is 2.78. The first-order chi connectivity index (χ1) is 10.8. The molecule has 1 aromatic heterocycles. The number of rotatable bonds is 6. The molecule has 0 aromatic carbocycles. The highest BCUT2D eigenvalue weighted by molar-refractivity contribution is 6.03. The van der Waals surface area contributed by atoms with Gasteiger partial charge in [-0.15, -0.1) is 0 Å². The molecule has 1 rings (SSSR count). The molecule has 0 fully saturated rings. The molecule has 6 heteroatoms. The highest BCUT2D eigenvalue weighted by Gasteiger charge is 2.12. The maximum atomic E-state index is 12.0. The SMILES string of the molecule is C=CN(C)/C(=C\C)C(=O)Nc1cc(C)n(C)c1.CCCC(N)=O. The third-order valence-electron chi connectivity index (χ3n) is 3.17. The minimum atomic E-state index is -0.211. The summed E-state index contributed by atoms with van der Waals surface area (Å²) in [6.45, 7) is 9.37. The van der Waals surface area contributed by atoms with Crippen molar-refractivity contribution in [3.8, 4) is 0 Å². The number of nitrogens with two attached hydrogens (primary N) is 1. The lowest BCUT2D eigenvalue weighted by atomic mass is 10.3. The molecule has 0 aliphatic rings. The Bertz CT molecular complexity index is 554. The van der Waals surface area contributed by atoms with Gasteiger partial charge in [-0.25, -0.2) is 0 Å². The minimum absolute atomic E-state index is 0.138. The summed E-state index contributed by atoms with van der Waals surface area (Å²) in [5, 5.41) is 2.85. The molecule has 0 aliphatic carbocycles. The van der Waals surface area contributed by atoms with Crippen LogP contribution in [0.2, 0.25) is 0 Å². The molecular weight excluding hydrogens is 292 g/mol. The van der Waals surface area contributed by atoms with E-state index in [0.717, 1.165) is 17.8 Å². The van der Waals surface area contributed by atoms with Crippen LogP contribution in [-0.2, 0) is 16.6 Å². The Morgan fingerprint density at radius 3 is 2.39 bits per heavy atom. The summed E-state index contributed by atoms with van der Waals surface area (Å²) in [4.78, 5) is 23.5. The number of allylic oxidation sites excluding steroid dienone is 1. The number of nitrogens with one attached hydrogen (secondary N) is 1. The summed E-state index contributed by atoms with van der Waals surface area (Å²) in [7, 11) is 3.73. The lowest BCUT2D eigenvalue weighted by Gasteiger charge is -2.16. The molecule has 23 heavy (non-hydrogen) atoms. The number of primary amides is 1. The molecule has 0 saturated heterocycles. The number of anilines is 1. The Morgan fingerprint density at radius 2 is 2.09 bits per heavy atom. The Kier molecular flexibility index (Phi) is 9.15. The number of hydrogen-bond acceptors (Lipinski definition) is 3. The second kappa shape index (κ2) is 10.3. The fourth-order valence-corrected chi connectivity index (χ4v) is 1.78. The van der Waals surface area contributed by atoms with Crippen molar-refractivity contribution in [1.82, 2.24) is 9.47 Å². The van der Waals surface area contributed by atoms with Gasteiger partial charge in [0.15, 0.2) is 0 Å². The Hall–Kier alpha value is -2.50. The van der Waals surface area contributed by atoms with E-state index >= 15 is 0 Å². The molecule has 0 atom stereocenters. The molecule has 2 amide bonds. The number of nitrogens with zero attached hydrogens (tertiary/aromatic N) is 2. The van der Waals surface area contributed by atoms with Crippen LogP contribution in [0.4, 0.5) is 5.69 Å². The van der Waals surface area contributed by atoms with Crippen LogP contribution in [0, 0.1) is 6.92 Å². The summed E-state index contributed by atoms with van der Waals surface area (Å²) >= 11 is 0. The first kappa shape index (κ1) is 20.5. The van der Waals surface area contributed by atoms with Crippen molar-refractivity contribution in [2.45, 2.75) is 33.6 Å². The molecular formula is C17H28N4O2. The second-order valence-electron chi connectivity index (χ2n) is 5.12. The van der Waals surface area contributed by atoms with Crippen LogP contribution in [0.5, 0.6) is 0 Å². The van der Waals surface area contributed by atoms with Gasteiger partial charge in [-0.05, 0) is 32.5 Å². The summed E-state index contributed by atoms with van der Waals surface area (Å²) in [6, 6.07) is 1.93. The average molecular weight is 320 g/mol. The summed E-state index contributed by atoms with van der Waals surface area (Å²) in [6.07, 6.45) is 6.61. The van der Waals surface area contributed by atoms with Crippen molar-refractivity contribution < 1.29 is 9.59 Å². The third kappa shape index (κ3) is 7.35. The van der Waals surface area contributed by atoms with Gasteiger partial charge in [0.05, 0.1) is 5.69 Å². The maximum absolute atomic E-state index is 12.0. The lowest BCUT2D eigenvalue weighted by Crippen LogP contribution is -2.23. The number of hydrogen-bond donors (Lipinski definition) is 2. The molecule has 0 saturated carbocycles. The van der Waals surface area contributed by atoms with E-state index in [1.165, 1.54) is 0 Å². The number of aromatic nitrogens is 1. The van der Waals surface area contributed by atoms with Gasteiger partial charge < -0.3 is 20.5 Å². The number of likely N-dealkylation sites (N-methyl/N-ethyl adjacent to an activating group) is 1. The van der Waals surface area contributed by atoms with E-state index in [4.69, 9.17) is 5.73 Å². The standard InChI is InChI=1S/C13H19N3O.C4H9NO/c1-6-12(15(4)7-2)13(17)14-11-8-10(3)16(5)9-11;1-2-3-4(5)6/h6-9H,2H2,1,3-5H3,(H,14,17);2-3H2,1H3,(H2,5,6)/b12-6-;. The van der Waals surface area contributed by atoms with Gasteiger partial charge in [-0.3, -0.25) is 9.59 Å². The Balaban J connectivity index is 0.000000688. The van der Waals surface area contributed by atoms with Gasteiger partial charge in [0.2, 0.25) is 5.91 Å². The lowest BCUT2D eigenvalue weighted by molar-refractivity contribution is -0.118. The van der Waals surface area contributed by atoms with Crippen molar-refractivity contribution in [2.75, 3.05) is 12.4 Å². The fraction of sp³-hybridized carbons (Fsp3) is 0.412. The van der Waals surface area contributed by atoms with Crippen LogP contribution in [-0.4, -0.2) is 28.3 Å². The molecule has 0 spiro atoms. The third-order valence-corrected chi connectivity index (χ3v) is 3.17. The van der Waals surface area contributed by atoms with Crippen molar-refractivity contribution in [3.63, 3.8) is 0 Å². The van der Waals surface area contributed by atoms with Crippen LogP contribution < -0.4 is 11.1 Å². The predicted octanol–water partition coefficient (Wildman–Crippen LogP) is 2.52. The van der Waals surface area contributed by atoms with Crippen LogP contribution in [0.25, 0.3) is 0 Å². The van der Waals surface area contributed by atoms with Crippen molar-refractivity contribution in [3.05, 3.63) is 42.5 Å². The molecule has 0 unspecified atom stereocenters. The first-order valence-corrected chi connectivity index (χ1v) is 7.51. The summed E-state index contributed by atoms with van der Waals surface area (Å²) in [5.41, 5.74) is 7.23. The van der Waals surface area contributed by atoms with Crippen LogP contribution in [0.15, 0.2) is 36.8 Å². The summed E-state index contributed by atoms with van der Waals surface area (Å²) in [5.74, 6) is -0.349. The highest BCUT2D eigenvalue weighted by Crippen LogP contribution is 2.13. The van der Waals surface area contributed by atoms with E-state index in [0.29, 0.717) is 12.1 Å². The van der Waals surface area contributed by atoms with Gasteiger partial charge in [0.1, 0.15) is 5.70 Å². The quantitative estimate of drug-likeness (QED) is 0.790. The normalized spacial score (nSPS) is 10.4. The molecule has 0 radical (unpaired) electrons. The van der Waals surface area contributed by atoms with E-state index in [1.54, 1.807) is 24.2 Å². The van der Waals surface area contributed by atoms with E-state index < -0.39 is 0 Å². The molecule has 0 bridgehead atoms. The topological polar surface area (TPSA) is 80.4 Å². The molecule has 0 aliphatic heterocycles. The largest absolute Gasteiger partial charge is 0.370 e. The first-order valence-electron chi connectivity index (χ1n) is 7.51. The van der Waals surface area contributed by atoms with E-state index in [-0.39, 0.29) is 11.8 Å². The van der Waals surface area contributed by atoms with Crippen LogP contribution in [0.3, 0.4) is 0 Å². The zero-order chi connectivity index (χ0) is 18.0.